The topological polar surface area (TPSA) is 82.3 Å². The molecular weight excluding hydrogens is 400 g/mol. The van der Waals surface area contributed by atoms with Gasteiger partial charge in [-0.15, -0.1) is 13.2 Å². The number of rotatable bonds is 4. The number of halogens is 4. The predicted octanol–water partition coefficient (Wildman–Crippen LogP) is 4.10. The van der Waals surface area contributed by atoms with Crippen molar-refractivity contribution < 1.29 is 30.7 Å². The first-order chi connectivity index (χ1) is 13.0. The smallest absolute Gasteiger partial charge is 0.406 e. The Morgan fingerprint density at radius 2 is 1.71 bits per heavy atom. The van der Waals surface area contributed by atoms with E-state index in [2.05, 4.69) is 9.72 Å². The number of alkyl halides is 3. The second-order valence-electron chi connectivity index (χ2n) is 5.66. The molecule has 10 heteroatoms. The maximum Gasteiger partial charge on any atom is 0.573 e. The first-order valence-corrected chi connectivity index (χ1v) is 9.23. The molecule has 0 atom stereocenters. The van der Waals surface area contributed by atoms with Crippen molar-refractivity contribution in [3.8, 4) is 28.1 Å². The lowest BCUT2D eigenvalue weighted by atomic mass is 9.99. The molecule has 0 amide bonds. The van der Waals surface area contributed by atoms with Crippen LogP contribution in [0.25, 0.3) is 22.4 Å². The number of primary sulfonamides is 1. The van der Waals surface area contributed by atoms with Crippen LogP contribution < -0.4 is 9.88 Å². The molecule has 0 bridgehead atoms. The van der Waals surface area contributed by atoms with Crippen LogP contribution in [0.3, 0.4) is 0 Å². The lowest BCUT2D eigenvalue weighted by Gasteiger charge is -2.13. The average molecular weight is 412 g/mol. The molecule has 0 saturated heterocycles. The fraction of sp³-hybridized carbons (Fsp3) is 0.0556. The third kappa shape index (κ3) is 4.46. The van der Waals surface area contributed by atoms with E-state index in [1.807, 2.05) is 0 Å². The number of sulfonamides is 1. The van der Waals surface area contributed by atoms with Crippen molar-refractivity contribution in [3.05, 3.63) is 66.6 Å². The highest BCUT2D eigenvalue weighted by atomic mass is 32.2. The Kier molecular flexibility index (Phi) is 5.09. The van der Waals surface area contributed by atoms with Crippen LogP contribution in [0.2, 0.25) is 0 Å². The van der Waals surface area contributed by atoms with Gasteiger partial charge in [0.15, 0.2) is 0 Å². The molecule has 2 N–H and O–H groups in total. The van der Waals surface area contributed by atoms with E-state index in [-0.39, 0.29) is 27.3 Å². The summed E-state index contributed by atoms with van der Waals surface area (Å²) in [6.45, 7) is 0. The third-order valence-electron chi connectivity index (χ3n) is 3.71. The average Bonchev–Trinajstić information content (AvgIpc) is 2.60. The summed E-state index contributed by atoms with van der Waals surface area (Å²) in [6, 6.07) is 11.0. The first-order valence-electron chi connectivity index (χ1n) is 7.68. The van der Waals surface area contributed by atoms with Gasteiger partial charge in [0.1, 0.15) is 11.6 Å². The van der Waals surface area contributed by atoms with E-state index in [4.69, 9.17) is 5.14 Å². The second kappa shape index (κ2) is 7.21. The number of aromatic nitrogens is 1. The molecule has 0 aliphatic rings. The fourth-order valence-electron chi connectivity index (χ4n) is 2.58. The minimum atomic E-state index is -4.87. The minimum absolute atomic E-state index is 0.0367. The highest BCUT2D eigenvalue weighted by molar-refractivity contribution is 7.89. The quantitative estimate of drug-likeness (QED) is 0.654. The lowest BCUT2D eigenvalue weighted by molar-refractivity contribution is -0.274. The Bertz CT molecular complexity index is 1130. The summed E-state index contributed by atoms with van der Waals surface area (Å²) in [5.41, 5.74) is 0.421. The Labute approximate surface area is 157 Å². The Morgan fingerprint density at radius 3 is 2.39 bits per heavy atom. The van der Waals surface area contributed by atoms with Crippen LogP contribution in [0, 0.1) is 5.82 Å². The zero-order valence-corrected chi connectivity index (χ0v) is 14.8. The Hall–Kier alpha value is -2.98. The number of hydrogen-bond donors (Lipinski definition) is 1. The van der Waals surface area contributed by atoms with Crippen LogP contribution >= 0.6 is 0 Å². The van der Waals surface area contributed by atoms with Crippen LogP contribution in [0.15, 0.2) is 65.7 Å². The molecule has 2 aromatic carbocycles. The van der Waals surface area contributed by atoms with Crippen molar-refractivity contribution in [1.82, 2.24) is 4.98 Å². The summed E-state index contributed by atoms with van der Waals surface area (Å²) in [7, 11) is -4.09. The molecule has 0 aliphatic carbocycles. The fourth-order valence-corrected chi connectivity index (χ4v) is 3.12. The van der Waals surface area contributed by atoms with Crippen molar-refractivity contribution in [1.29, 1.82) is 0 Å². The van der Waals surface area contributed by atoms with Gasteiger partial charge in [-0.05, 0) is 42.0 Å². The molecule has 0 fully saturated rings. The molecule has 1 heterocycles. The summed E-state index contributed by atoms with van der Waals surface area (Å²) in [4.78, 5) is 3.75. The summed E-state index contributed by atoms with van der Waals surface area (Å²) < 4.78 is 78.9. The van der Waals surface area contributed by atoms with Gasteiger partial charge in [0.05, 0.1) is 10.6 Å². The van der Waals surface area contributed by atoms with Crippen molar-refractivity contribution in [2.45, 2.75) is 11.3 Å². The molecule has 146 valence electrons. The van der Waals surface area contributed by atoms with Crippen LogP contribution in [0.5, 0.6) is 5.75 Å². The van der Waals surface area contributed by atoms with Crippen molar-refractivity contribution in [2.75, 3.05) is 0 Å². The van der Waals surface area contributed by atoms with Gasteiger partial charge in [-0.3, -0.25) is 4.98 Å². The zero-order valence-electron chi connectivity index (χ0n) is 13.9. The van der Waals surface area contributed by atoms with E-state index in [1.165, 1.54) is 30.5 Å². The summed E-state index contributed by atoms with van der Waals surface area (Å²) in [5.74, 6) is -1.23. The van der Waals surface area contributed by atoms with Gasteiger partial charge in [0.2, 0.25) is 10.0 Å². The highest BCUT2D eigenvalue weighted by Gasteiger charge is 2.31. The second-order valence-corrected chi connectivity index (χ2v) is 7.22. The summed E-state index contributed by atoms with van der Waals surface area (Å²) >= 11 is 0. The van der Waals surface area contributed by atoms with E-state index in [9.17, 15) is 26.0 Å². The van der Waals surface area contributed by atoms with Gasteiger partial charge in [-0.2, -0.15) is 0 Å². The predicted molar refractivity (Wildman–Crippen MR) is 93.1 cm³/mol. The van der Waals surface area contributed by atoms with E-state index in [0.717, 1.165) is 30.3 Å². The van der Waals surface area contributed by atoms with Gasteiger partial charge in [0, 0.05) is 17.3 Å². The van der Waals surface area contributed by atoms with Gasteiger partial charge in [-0.1, -0.05) is 18.2 Å². The molecule has 3 rings (SSSR count). The van der Waals surface area contributed by atoms with Crippen LogP contribution in [0.1, 0.15) is 0 Å². The van der Waals surface area contributed by atoms with Gasteiger partial charge in [-0.25, -0.2) is 17.9 Å². The van der Waals surface area contributed by atoms with Crippen LogP contribution in [0.4, 0.5) is 17.6 Å². The summed E-state index contributed by atoms with van der Waals surface area (Å²) in [6.07, 6.45) is -3.52. The molecule has 5 nitrogen and oxygen atoms in total. The zero-order chi connectivity index (χ0) is 20.5. The van der Waals surface area contributed by atoms with Gasteiger partial charge in [0.25, 0.3) is 0 Å². The molecule has 1 aromatic heterocycles. The molecule has 3 aromatic rings. The monoisotopic (exact) mass is 412 g/mol. The molecule has 0 aliphatic heterocycles. The summed E-state index contributed by atoms with van der Waals surface area (Å²) in [5, 5.41) is 5.09. The molecule has 0 spiro atoms. The number of benzene rings is 2. The number of nitrogens with two attached hydrogens (primary N) is 1. The standard InChI is InChI=1S/C18H12F4N2O3S/c19-16-7-6-13(28(23,25)26)10-15(16)17-14(5-2-8-24-17)11-3-1-4-12(9-11)27-18(20,21)22/h1-10H,(H2,23,25,26). The Morgan fingerprint density at radius 1 is 0.964 bits per heavy atom. The number of pyridine rings is 1. The van der Waals surface area contributed by atoms with Crippen molar-refractivity contribution >= 4 is 10.0 Å². The number of ether oxygens (including phenoxy) is 1. The number of hydrogen-bond acceptors (Lipinski definition) is 4. The maximum atomic E-state index is 14.4. The third-order valence-corrected chi connectivity index (χ3v) is 4.62. The van der Waals surface area contributed by atoms with Gasteiger partial charge >= 0.3 is 6.36 Å². The molecule has 0 unspecified atom stereocenters. The van der Waals surface area contributed by atoms with Crippen molar-refractivity contribution in [3.63, 3.8) is 0 Å². The molecule has 0 saturated carbocycles. The van der Waals surface area contributed by atoms with Crippen LogP contribution in [-0.4, -0.2) is 19.8 Å². The highest BCUT2D eigenvalue weighted by Crippen LogP contribution is 2.35. The lowest BCUT2D eigenvalue weighted by Crippen LogP contribution is -2.17. The number of nitrogens with zero attached hydrogens (tertiary/aromatic N) is 1. The van der Waals surface area contributed by atoms with E-state index < -0.39 is 28.0 Å². The van der Waals surface area contributed by atoms with Crippen molar-refractivity contribution in [2.24, 2.45) is 5.14 Å². The molecule has 0 radical (unpaired) electrons. The van der Waals surface area contributed by atoms with Gasteiger partial charge < -0.3 is 4.74 Å². The Balaban J connectivity index is 2.15. The SMILES string of the molecule is NS(=O)(=O)c1ccc(F)c(-c2ncccc2-c2cccc(OC(F)(F)F)c2)c1. The minimum Gasteiger partial charge on any atom is -0.406 e. The molecular formula is C18H12F4N2O3S. The molecule has 28 heavy (non-hydrogen) atoms. The maximum absolute atomic E-state index is 14.4. The van der Waals surface area contributed by atoms with E-state index in [0.29, 0.717) is 0 Å². The largest absolute Gasteiger partial charge is 0.573 e. The normalized spacial score (nSPS) is 12.0. The van der Waals surface area contributed by atoms with E-state index in [1.54, 1.807) is 0 Å². The first kappa shape index (κ1) is 19.8. The van der Waals surface area contributed by atoms with E-state index >= 15 is 0 Å². The van der Waals surface area contributed by atoms with Crippen LogP contribution in [-0.2, 0) is 10.0 Å².